The largest absolute Gasteiger partial charge is 0.442 e. The first kappa shape index (κ1) is 11.4. The highest BCUT2D eigenvalue weighted by Crippen LogP contribution is 2.10. The number of nitrogens with zero attached hydrogens (tertiary/aromatic N) is 2. The van der Waals surface area contributed by atoms with Gasteiger partial charge in [-0.3, -0.25) is 4.79 Å². The van der Waals surface area contributed by atoms with Crippen molar-refractivity contribution < 1.29 is 14.3 Å². The van der Waals surface area contributed by atoms with Crippen LogP contribution in [0.1, 0.15) is 36.8 Å². The zero-order chi connectivity index (χ0) is 11.6. The molecule has 1 aromatic heterocycles. The molecule has 0 saturated carbocycles. The maximum absolute atomic E-state index is 11.5. The molecule has 0 saturated heterocycles. The lowest BCUT2D eigenvalue weighted by Gasteiger charge is -2.18. The molecule has 5 nitrogen and oxygen atoms in total. The second kappa shape index (κ2) is 3.84. The van der Waals surface area contributed by atoms with E-state index in [4.69, 9.17) is 4.74 Å². The van der Waals surface area contributed by atoms with Crippen molar-refractivity contribution in [1.29, 1.82) is 0 Å². The molecule has 0 spiro atoms. The SMILES string of the molecule is Cc1nn(C(=O)OC(C)(C)C)cc1C=O. The van der Waals surface area contributed by atoms with Crippen LogP contribution in [0.5, 0.6) is 0 Å². The highest BCUT2D eigenvalue weighted by atomic mass is 16.6. The summed E-state index contributed by atoms with van der Waals surface area (Å²) in [5, 5.41) is 3.88. The lowest BCUT2D eigenvalue weighted by molar-refractivity contribution is 0.0514. The average molecular weight is 210 g/mol. The molecule has 0 aromatic carbocycles. The summed E-state index contributed by atoms with van der Waals surface area (Å²) in [6.45, 7) is 6.95. The van der Waals surface area contributed by atoms with Gasteiger partial charge < -0.3 is 4.74 Å². The fourth-order valence-electron chi connectivity index (χ4n) is 0.991. The maximum Gasteiger partial charge on any atom is 0.435 e. The zero-order valence-corrected chi connectivity index (χ0v) is 9.27. The Balaban J connectivity index is 2.88. The first-order chi connectivity index (χ1) is 6.83. The third-order valence-corrected chi connectivity index (χ3v) is 1.64. The molecule has 0 aliphatic carbocycles. The van der Waals surface area contributed by atoms with E-state index in [0.717, 1.165) is 4.68 Å². The molecule has 82 valence electrons. The van der Waals surface area contributed by atoms with Gasteiger partial charge in [0.2, 0.25) is 0 Å². The van der Waals surface area contributed by atoms with Crippen molar-refractivity contribution in [3.8, 4) is 0 Å². The second-order valence-electron chi connectivity index (χ2n) is 4.21. The molecule has 1 rings (SSSR count). The van der Waals surface area contributed by atoms with E-state index in [2.05, 4.69) is 5.10 Å². The van der Waals surface area contributed by atoms with E-state index in [1.807, 2.05) is 0 Å². The Kier molecular flexibility index (Phi) is 2.93. The minimum Gasteiger partial charge on any atom is -0.442 e. The topological polar surface area (TPSA) is 61.2 Å². The molecule has 1 aromatic rings. The fourth-order valence-corrected chi connectivity index (χ4v) is 0.991. The highest BCUT2D eigenvalue weighted by Gasteiger charge is 2.19. The van der Waals surface area contributed by atoms with E-state index in [-0.39, 0.29) is 0 Å². The summed E-state index contributed by atoms with van der Waals surface area (Å²) in [6.07, 6.45) is 1.43. The van der Waals surface area contributed by atoms with Gasteiger partial charge in [0.15, 0.2) is 6.29 Å². The number of aldehydes is 1. The molecule has 0 unspecified atom stereocenters. The predicted octanol–water partition coefficient (Wildman–Crippen LogP) is 1.79. The third kappa shape index (κ3) is 2.90. The van der Waals surface area contributed by atoms with Gasteiger partial charge in [0.05, 0.1) is 11.3 Å². The van der Waals surface area contributed by atoms with Crippen LogP contribution < -0.4 is 0 Å². The molecule has 0 aliphatic heterocycles. The molecule has 0 radical (unpaired) electrons. The Hall–Kier alpha value is -1.65. The van der Waals surface area contributed by atoms with Crippen molar-refractivity contribution in [3.05, 3.63) is 17.5 Å². The van der Waals surface area contributed by atoms with Gasteiger partial charge in [0, 0.05) is 6.20 Å². The van der Waals surface area contributed by atoms with Gasteiger partial charge in [0.25, 0.3) is 0 Å². The molecule has 0 atom stereocenters. The molecule has 0 N–H and O–H groups in total. The quantitative estimate of drug-likeness (QED) is 0.663. The van der Waals surface area contributed by atoms with Gasteiger partial charge in [-0.25, -0.2) is 4.79 Å². The summed E-state index contributed by atoms with van der Waals surface area (Å²) in [5.74, 6) is 0. The summed E-state index contributed by atoms with van der Waals surface area (Å²) in [4.78, 5) is 22.0. The van der Waals surface area contributed by atoms with Crippen molar-refractivity contribution in [2.24, 2.45) is 0 Å². The fraction of sp³-hybridized carbons (Fsp3) is 0.500. The van der Waals surface area contributed by atoms with Crippen LogP contribution in [0.25, 0.3) is 0 Å². The van der Waals surface area contributed by atoms with Crippen LogP contribution in [0.3, 0.4) is 0 Å². The number of carbonyl (C=O) groups is 2. The molecular weight excluding hydrogens is 196 g/mol. The Morgan fingerprint density at radius 2 is 2.13 bits per heavy atom. The summed E-state index contributed by atoms with van der Waals surface area (Å²) >= 11 is 0. The minimum atomic E-state index is -0.585. The number of aryl methyl sites for hydroxylation is 1. The van der Waals surface area contributed by atoms with Gasteiger partial charge in [-0.2, -0.15) is 9.78 Å². The molecular formula is C10H14N2O3. The van der Waals surface area contributed by atoms with Gasteiger partial charge in [-0.1, -0.05) is 0 Å². The Morgan fingerprint density at radius 1 is 1.53 bits per heavy atom. The monoisotopic (exact) mass is 210 g/mol. The van der Waals surface area contributed by atoms with Gasteiger partial charge >= 0.3 is 6.09 Å². The third-order valence-electron chi connectivity index (χ3n) is 1.64. The zero-order valence-electron chi connectivity index (χ0n) is 9.27. The van der Waals surface area contributed by atoms with Gasteiger partial charge in [-0.15, -0.1) is 0 Å². The number of ether oxygens (including phenoxy) is 1. The van der Waals surface area contributed by atoms with E-state index >= 15 is 0 Å². The second-order valence-corrected chi connectivity index (χ2v) is 4.21. The predicted molar refractivity (Wildman–Crippen MR) is 54.0 cm³/mol. The van der Waals surface area contributed by atoms with E-state index in [1.54, 1.807) is 27.7 Å². The van der Waals surface area contributed by atoms with Gasteiger partial charge in [-0.05, 0) is 27.7 Å². The molecule has 0 bridgehead atoms. The summed E-state index contributed by atoms with van der Waals surface area (Å²) in [7, 11) is 0. The van der Waals surface area contributed by atoms with Crippen LogP contribution in [-0.2, 0) is 4.74 Å². The molecule has 5 heteroatoms. The van der Waals surface area contributed by atoms with Crippen LogP contribution in [0.2, 0.25) is 0 Å². The lowest BCUT2D eigenvalue weighted by Crippen LogP contribution is -2.27. The Morgan fingerprint density at radius 3 is 2.53 bits per heavy atom. The molecule has 0 fully saturated rings. The standard InChI is InChI=1S/C10H14N2O3/c1-7-8(6-13)5-12(11-7)9(14)15-10(2,3)4/h5-6H,1-4H3. The van der Waals surface area contributed by atoms with E-state index in [0.29, 0.717) is 17.5 Å². The molecule has 1 heterocycles. The average Bonchev–Trinajstić information content (AvgIpc) is 2.43. The van der Waals surface area contributed by atoms with Crippen LogP contribution in [0, 0.1) is 6.92 Å². The van der Waals surface area contributed by atoms with E-state index < -0.39 is 11.7 Å². The molecule has 15 heavy (non-hydrogen) atoms. The van der Waals surface area contributed by atoms with Crippen molar-refractivity contribution >= 4 is 12.4 Å². The van der Waals surface area contributed by atoms with E-state index in [9.17, 15) is 9.59 Å². The lowest BCUT2D eigenvalue weighted by atomic mass is 10.2. The normalized spacial score (nSPS) is 11.2. The highest BCUT2D eigenvalue weighted by molar-refractivity contribution is 5.78. The van der Waals surface area contributed by atoms with Crippen molar-refractivity contribution in [3.63, 3.8) is 0 Å². The summed E-state index contributed by atoms with van der Waals surface area (Å²) in [5.41, 5.74) is 0.329. The number of rotatable bonds is 1. The number of aromatic nitrogens is 2. The van der Waals surface area contributed by atoms with Crippen molar-refractivity contribution in [2.45, 2.75) is 33.3 Å². The first-order valence-electron chi connectivity index (χ1n) is 4.58. The first-order valence-corrected chi connectivity index (χ1v) is 4.58. The Bertz CT molecular complexity index is 388. The number of hydrogen-bond acceptors (Lipinski definition) is 4. The molecule has 0 aliphatic rings. The summed E-state index contributed by atoms with van der Waals surface area (Å²) < 4.78 is 6.11. The van der Waals surface area contributed by atoms with Gasteiger partial charge in [0.1, 0.15) is 5.60 Å². The number of hydrogen-bond donors (Lipinski definition) is 0. The van der Waals surface area contributed by atoms with E-state index in [1.165, 1.54) is 6.20 Å². The smallest absolute Gasteiger partial charge is 0.435 e. The van der Waals surface area contributed by atoms with Crippen LogP contribution in [-0.4, -0.2) is 27.8 Å². The summed E-state index contributed by atoms with van der Waals surface area (Å²) in [6, 6.07) is 0. The van der Waals surface area contributed by atoms with Crippen molar-refractivity contribution in [1.82, 2.24) is 9.78 Å². The Labute approximate surface area is 88.0 Å². The van der Waals surface area contributed by atoms with Crippen LogP contribution in [0.15, 0.2) is 6.20 Å². The maximum atomic E-state index is 11.5. The van der Waals surface area contributed by atoms with Crippen LogP contribution in [0.4, 0.5) is 4.79 Å². The number of carbonyl (C=O) groups excluding carboxylic acids is 2. The van der Waals surface area contributed by atoms with Crippen LogP contribution >= 0.6 is 0 Å². The van der Waals surface area contributed by atoms with Crippen molar-refractivity contribution in [2.75, 3.05) is 0 Å². The minimum absolute atomic E-state index is 0.390. The molecule has 0 amide bonds.